The van der Waals surface area contributed by atoms with Gasteiger partial charge in [-0.1, -0.05) is 12.1 Å². The Hall–Kier alpha value is -2.04. The zero-order valence-electron chi connectivity index (χ0n) is 9.10. The second-order valence-electron chi connectivity index (χ2n) is 3.15. The van der Waals surface area contributed by atoms with Gasteiger partial charge in [0.05, 0.1) is 7.11 Å². The molecule has 86 valence electrons. The first kappa shape index (κ1) is 12.0. The molecule has 1 aromatic carbocycles. The molecule has 0 aliphatic heterocycles. The Morgan fingerprint density at radius 3 is 2.50 bits per heavy atom. The Bertz CT molecular complexity index is 403. The van der Waals surface area contributed by atoms with Crippen LogP contribution >= 0.6 is 0 Å². The third-order valence-corrected chi connectivity index (χ3v) is 2.01. The molecule has 0 heterocycles. The van der Waals surface area contributed by atoms with Crippen LogP contribution in [-0.4, -0.2) is 25.1 Å². The molecule has 1 atom stereocenters. The molecule has 0 aromatic heterocycles. The number of para-hydroxylation sites is 1. The molecular formula is C11H13NO4. The van der Waals surface area contributed by atoms with Gasteiger partial charge in [-0.25, -0.2) is 4.79 Å². The van der Waals surface area contributed by atoms with Gasteiger partial charge in [-0.3, -0.25) is 4.79 Å². The van der Waals surface area contributed by atoms with Crippen molar-refractivity contribution in [1.29, 1.82) is 0 Å². The lowest BCUT2D eigenvalue weighted by molar-refractivity contribution is -0.125. The van der Waals surface area contributed by atoms with Crippen molar-refractivity contribution in [2.45, 2.75) is 13.0 Å². The van der Waals surface area contributed by atoms with E-state index < -0.39 is 18.0 Å². The molecule has 0 saturated carbocycles. The zero-order chi connectivity index (χ0) is 12.1. The number of primary amides is 1. The van der Waals surface area contributed by atoms with Crippen molar-refractivity contribution in [3.8, 4) is 5.75 Å². The van der Waals surface area contributed by atoms with Crippen LogP contribution in [0.25, 0.3) is 0 Å². The van der Waals surface area contributed by atoms with E-state index >= 15 is 0 Å². The molecule has 5 nitrogen and oxygen atoms in total. The van der Waals surface area contributed by atoms with Gasteiger partial charge in [0, 0.05) is 0 Å². The fourth-order valence-corrected chi connectivity index (χ4v) is 1.10. The van der Waals surface area contributed by atoms with Gasteiger partial charge < -0.3 is 15.2 Å². The van der Waals surface area contributed by atoms with Crippen molar-refractivity contribution < 1.29 is 19.1 Å². The number of rotatable bonds is 4. The van der Waals surface area contributed by atoms with Crippen LogP contribution in [-0.2, 0) is 9.53 Å². The molecule has 0 fully saturated rings. The van der Waals surface area contributed by atoms with Gasteiger partial charge in [0.25, 0.3) is 5.91 Å². The highest BCUT2D eigenvalue weighted by molar-refractivity contribution is 5.94. The normalized spacial score (nSPS) is 11.6. The maximum absolute atomic E-state index is 11.6. The summed E-state index contributed by atoms with van der Waals surface area (Å²) in [5, 5.41) is 0. The van der Waals surface area contributed by atoms with E-state index in [2.05, 4.69) is 0 Å². The Morgan fingerprint density at radius 2 is 1.94 bits per heavy atom. The first-order valence-corrected chi connectivity index (χ1v) is 4.69. The molecule has 0 bridgehead atoms. The summed E-state index contributed by atoms with van der Waals surface area (Å²) >= 11 is 0. The van der Waals surface area contributed by atoms with E-state index in [1.165, 1.54) is 14.0 Å². The lowest BCUT2D eigenvalue weighted by Gasteiger charge is -2.11. The molecule has 0 unspecified atom stereocenters. The summed E-state index contributed by atoms with van der Waals surface area (Å²) in [6, 6.07) is 6.58. The highest BCUT2D eigenvalue weighted by Gasteiger charge is 2.18. The maximum atomic E-state index is 11.6. The molecule has 0 radical (unpaired) electrons. The standard InChI is InChI=1S/C11H13NO4/c1-7(10(12)13)16-11(14)8-5-3-4-6-9(8)15-2/h3-7H,1-2H3,(H2,12,13)/t7-/m1/s1. The van der Waals surface area contributed by atoms with Crippen molar-refractivity contribution in [3.05, 3.63) is 29.8 Å². The van der Waals surface area contributed by atoms with Crippen molar-refractivity contribution in [1.82, 2.24) is 0 Å². The van der Waals surface area contributed by atoms with E-state index in [0.29, 0.717) is 5.75 Å². The van der Waals surface area contributed by atoms with Gasteiger partial charge in [0.15, 0.2) is 6.10 Å². The number of ether oxygens (including phenoxy) is 2. The van der Waals surface area contributed by atoms with E-state index in [-0.39, 0.29) is 5.56 Å². The summed E-state index contributed by atoms with van der Waals surface area (Å²) in [6.45, 7) is 1.41. The lowest BCUT2D eigenvalue weighted by atomic mass is 10.2. The molecule has 1 amide bonds. The summed E-state index contributed by atoms with van der Waals surface area (Å²) < 4.78 is 9.84. The largest absolute Gasteiger partial charge is 0.496 e. The van der Waals surface area contributed by atoms with E-state index in [9.17, 15) is 9.59 Å². The summed E-state index contributed by atoms with van der Waals surface area (Å²) in [7, 11) is 1.45. The first-order valence-electron chi connectivity index (χ1n) is 4.69. The maximum Gasteiger partial charge on any atom is 0.342 e. The molecule has 1 aromatic rings. The molecule has 0 saturated heterocycles. The van der Waals surface area contributed by atoms with Crippen molar-refractivity contribution in [3.63, 3.8) is 0 Å². The second-order valence-corrected chi connectivity index (χ2v) is 3.15. The van der Waals surface area contributed by atoms with Crippen LogP contribution in [0.5, 0.6) is 5.75 Å². The third-order valence-electron chi connectivity index (χ3n) is 2.01. The first-order chi connectivity index (χ1) is 7.56. The second kappa shape index (κ2) is 5.16. The van der Waals surface area contributed by atoms with Crippen LogP contribution in [0, 0.1) is 0 Å². The highest BCUT2D eigenvalue weighted by Crippen LogP contribution is 2.18. The highest BCUT2D eigenvalue weighted by atomic mass is 16.5. The molecule has 2 N–H and O–H groups in total. The number of nitrogens with two attached hydrogens (primary N) is 1. The fourth-order valence-electron chi connectivity index (χ4n) is 1.10. The Kier molecular flexibility index (Phi) is 3.88. The van der Waals surface area contributed by atoms with Crippen LogP contribution < -0.4 is 10.5 Å². The van der Waals surface area contributed by atoms with Crippen molar-refractivity contribution in [2.24, 2.45) is 5.73 Å². The van der Waals surface area contributed by atoms with Gasteiger partial charge in [-0.05, 0) is 19.1 Å². The predicted octanol–water partition coefficient (Wildman–Crippen LogP) is 0.726. The summed E-state index contributed by atoms with van der Waals surface area (Å²) in [4.78, 5) is 22.4. The van der Waals surface area contributed by atoms with Crippen molar-refractivity contribution >= 4 is 11.9 Å². The minimum absolute atomic E-state index is 0.262. The molecular weight excluding hydrogens is 210 g/mol. The van der Waals surface area contributed by atoms with Crippen LogP contribution in [0.4, 0.5) is 0 Å². The van der Waals surface area contributed by atoms with E-state index in [1.54, 1.807) is 24.3 Å². The van der Waals surface area contributed by atoms with Gasteiger partial charge in [-0.2, -0.15) is 0 Å². The van der Waals surface area contributed by atoms with Gasteiger partial charge >= 0.3 is 5.97 Å². The third kappa shape index (κ3) is 2.73. The minimum Gasteiger partial charge on any atom is -0.496 e. The smallest absolute Gasteiger partial charge is 0.342 e. The fraction of sp³-hybridized carbons (Fsp3) is 0.273. The Labute approximate surface area is 93.1 Å². The van der Waals surface area contributed by atoms with Crippen molar-refractivity contribution in [2.75, 3.05) is 7.11 Å². The monoisotopic (exact) mass is 223 g/mol. The average molecular weight is 223 g/mol. The number of benzene rings is 1. The number of amides is 1. The summed E-state index contributed by atoms with van der Waals surface area (Å²) in [5.41, 5.74) is 5.25. The van der Waals surface area contributed by atoms with Crippen LogP contribution in [0.15, 0.2) is 24.3 Å². The molecule has 1 rings (SSSR count). The topological polar surface area (TPSA) is 78.6 Å². The summed E-state index contributed by atoms with van der Waals surface area (Å²) in [6.07, 6.45) is -0.961. The predicted molar refractivity (Wildman–Crippen MR) is 57.1 cm³/mol. The Balaban J connectivity index is 2.84. The SMILES string of the molecule is COc1ccccc1C(=O)O[C@H](C)C(N)=O. The van der Waals surface area contributed by atoms with E-state index in [4.69, 9.17) is 15.2 Å². The number of carbonyl (C=O) groups excluding carboxylic acids is 2. The van der Waals surface area contributed by atoms with Crippen LogP contribution in [0.1, 0.15) is 17.3 Å². The van der Waals surface area contributed by atoms with E-state index in [0.717, 1.165) is 0 Å². The number of carbonyl (C=O) groups is 2. The number of hydrogen-bond donors (Lipinski definition) is 1. The average Bonchev–Trinajstić information content (AvgIpc) is 2.28. The zero-order valence-corrected chi connectivity index (χ0v) is 9.10. The number of esters is 1. The molecule has 0 spiro atoms. The molecule has 16 heavy (non-hydrogen) atoms. The lowest BCUT2D eigenvalue weighted by Crippen LogP contribution is -2.30. The van der Waals surface area contributed by atoms with E-state index in [1.807, 2.05) is 0 Å². The van der Waals surface area contributed by atoms with Gasteiger partial charge in [0.1, 0.15) is 11.3 Å². The number of hydrogen-bond acceptors (Lipinski definition) is 4. The molecule has 0 aliphatic carbocycles. The Morgan fingerprint density at radius 1 is 1.31 bits per heavy atom. The summed E-state index contributed by atoms with van der Waals surface area (Å²) in [5.74, 6) is -0.934. The van der Waals surface area contributed by atoms with Gasteiger partial charge in [-0.15, -0.1) is 0 Å². The van der Waals surface area contributed by atoms with Crippen LogP contribution in [0.2, 0.25) is 0 Å². The molecule has 0 aliphatic rings. The molecule has 5 heteroatoms. The minimum atomic E-state index is -0.961. The van der Waals surface area contributed by atoms with Gasteiger partial charge in [0.2, 0.25) is 0 Å². The number of methoxy groups -OCH3 is 1. The van der Waals surface area contributed by atoms with Crippen LogP contribution in [0.3, 0.4) is 0 Å². The quantitative estimate of drug-likeness (QED) is 0.763.